The molecule has 0 aromatic heterocycles. The molecule has 0 nitrogen and oxygen atoms in total. The van der Waals surface area contributed by atoms with Crippen LogP contribution in [0.1, 0.15) is 184 Å². The average molecular weight is 1230 g/mol. The van der Waals surface area contributed by atoms with E-state index in [0.717, 1.165) is 51.4 Å². The number of allylic oxidation sites excluding steroid dienone is 40. The maximum atomic E-state index is 2.66. The first-order valence-corrected chi connectivity index (χ1v) is 35.6. The van der Waals surface area contributed by atoms with Crippen LogP contribution in [0, 0.1) is 34.5 Å². The van der Waals surface area contributed by atoms with E-state index in [1.165, 1.54) is 178 Å². The van der Waals surface area contributed by atoms with Gasteiger partial charge in [-0.3, -0.25) is 0 Å². The highest BCUT2D eigenvalue weighted by Crippen LogP contribution is 2.57. The molecule has 0 aliphatic heterocycles. The lowest BCUT2D eigenvalue weighted by Crippen LogP contribution is -2.16. The fourth-order valence-corrected chi connectivity index (χ4v) is 17.0. The van der Waals surface area contributed by atoms with E-state index in [1.807, 2.05) is 0 Å². The molecule has 13 rings (SSSR count). The van der Waals surface area contributed by atoms with Crippen LogP contribution in [0.5, 0.6) is 0 Å². The Morgan fingerprint density at radius 3 is 1.04 bits per heavy atom. The Morgan fingerprint density at radius 2 is 0.649 bits per heavy atom. The summed E-state index contributed by atoms with van der Waals surface area (Å²) in [6, 6.07) is 45.5. The minimum absolute atomic E-state index is 0.236. The highest BCUT2D eigenvalue weighted by molar-refractivity contribution is 5.95. The van der Waals surface area contributed by atoms with Crippen molar-refractivity contribution >= 4 is 22.3 Å². The van der Waals surface area contributed by atoms with E-state index < -0.39 is 0 Å². The van der Waals surface area contributed by atoms with Gasteiger partial charge >= 0.3 is 0 Å². The summed E-state index contributed by atoms with van der Waals surface area (Å²) in [6.07, 6.45) is 37.9. The third kappa shape index (κ3) is 11.9. The second kappa shape index (κ2) is 25.8. The van der Waals surface area contributed by atoms with Crippen molar-refractivity contribution in [1.82, 2.24) is 0 Å². The van der Waals surface area contributed by atoms with Crippen LogP contribution in [-0.4, -0.2) is 0 Å². The molecule has 16 bridgehead atoms. The third-order valence-electron chi connectivity index (χ3n) is 22.2. The minimum Gasteiger partial charge on any atom is -0.0625 e. The zero-order chi connectivity index (χ0) is 66.1. The molecule has 0 unspecified atom stereocenters. The van der Waals surface area contributed by atoms with Gasteiger partial charge in [-0.05, 0) is 282 Å². The molecule has 0 radical (unpaired) electrons. The van der Waals surface area contributed by atoms with Gasteiger partial charge in [0.2, 0.25) is 0 Å². The molecular formula is C94H100. The van der Waals surface area contributed by atoms with Crippen LogP contribution in [0.3, 0.4) is 0 Å². The SMILES string of the molecule is CC1=C2CC(=C1CC(C)C)/C(c1ccccc1)=C1\C=CC(=C1)C(C)(C)C1=CC=C(C1)/C(c1ccccc1)=C1\C=C(C3=C(CC(C)C)C(C)=C(C3)/C(c3ccccc3)=C3\C=CC(=C3)C(C)(C)C3=CC=C(C3)/C(c3ccccc3)=C3\C=C2C(CC(C)C)=C3C)C(CC(C)C)=C1C. The molecule has 0 saturated carbocycles. The minimum atomic E-state index is -0.238. The van der Waals surface area contributed by atoms with Crippen molar-refractivity contribution in [2.24, 2.45) is 34.5 Å². The first-order chi connectivity index (χ1) is 45.1. The Bertz CT molecular complexity index is 4500. The smallest absolute Gasteiger partial charge is 0.0112 e. The highest BCUT2D eigenvalue weighted by atomic mass is 14.4. The lowest BCUT2D eigenvalue weighted by molar-refractivity contribution is 0.543. The van der Waals surface area contributed by atoms with E-state index in [1.54, 1.807) is 0 Å². The lowest BCUT2D eigenvalue weighted by atomic mass is 9.75. The van der Waals surface area contributed by atoms with Crippen LogP contribution < -0.4 is 0 Å². The molecule has 4 aromatic rings. The van der Waals surface area contributed by atoms with Gasteiger partial charge in [0.25, 0.3) is 0 Å². The van der Waals surface area contributed by atoms with E-state index in [2.05, 4.69) is 305 Å². The van der Waals surface area contributed by atoms with E-state index in [-0.39, 0.29) is 10.8 Å². The largest absolute Gasteiger partial charge is 0.0625 e. The molecule has 4 aromatic carbocycles. The molecular weight excluding hydrogens is 1130 g/mol. The van der Waals surface area contributed by atoms with E-state index in [0.29, 0.717) is 23.7 Å². The number of hydrogen-bond acceptors (Lipinski definition) is 0. The fraction of sp³-hybridized carbons (Fsp3) is 0.319. The van der Waals surface area contributed by atoms with E-state index >= 15 is 0 Å². The predicted molar refractivity (Wildman–Crippen MR) is 405 cm³/mol. The van der Waals surface area contributed by atoms with Crippen LogP contribution in [0.4, 0.5) is 0 Å². The van der Waals surface area contributed by atoms with Crippen molar-refractivity contribution < 1.29 is 0 Å². The molecule has 9 aliphatic carbocycles. The average Bonchev–Trinajstić information content (AvgIpc) is 1.60. The Hall–Kier alpha value is -8.32. The second-order valence-corrected chi connectivity index (χ2v) is 31.1. The molecule has 476 valence electrons. The topological polar surface area (TPSA) is 0 Å². The van der Waals surface area contributed by atoms with Gasteiger partial charge in [0, 0.05) is 10.8 Å². The monoisotopic (exact) mass is 1230 g/mol. The summed E-state index contributed by atoms with van der Waals surface area (Å²) in [5, 5.41) is 0. The van der Waals surface area contributed by atoms with Gasteiger partial charge in [-0.1, -0.05) is 276 Å². The van der Waals surface area contributed by atoms with Crippen molar-refractivity contribution in [3.63, 3.8) is 0 Å². The van der Waals surface area contributed by atoms with Crippen molar-refractivity contribution in [2.45, 2.75) is 162 Å². The molecule has 94 heavy (non-hydrogen) atoms. The maximum Gasteiger partial charge on any atom is 0.0112 e. The zero-order valence-corrected chi connectivity index (χ0v) is 59.4. The fourth-order valence-electron chi connectivity index (χ4n) is 17.0. The van der Waals surface area contributed by atoms with E-state index in [9.17, 15) is 0 Å². The summed E-state index contributed by atoms with van der Waals surface area (Å²) in [5.41, 5.74) is 44.7. The van der Waals surface area contributed by atoms with Gasteiger partial charge in [0.15, 0.2) is 0 Å². The first-order valence-electron chi connectivity index (χ1n) is 35.6. The van der Waals surface area contributed by atoms with Crippen LogP contribution in [0.15, 0.2) is 328 Å². The van der Waals surface area contributed by atoms with Gasteiger partial charge in [0.05, 0.1) is 0 Å². The van der Waals surface area contributed by atoms with Crippen LogP contribution >= 0.6 is 0 Å². The Morgan fingerprint density at radius 1 is 0.319 bits per heavy atom. The second-order valence-electron chi connectivity index (χ2n) is 31.1. The zero-order valence-electron chi connectivity index (χ0n) is 59.4. The number of rotatable bonds is 12. The standard InChI is InChI=1S/C94H100/c1-57(2)45-77-62(10)82-54-85(77)81-53-88(80(61(81)9)48-60(7)8)92(68-35-27-20-28-36-68)72-40-44-76(52-72)94(15,16)75-43-39-71(51-75)91(67-33-25-19-26-34-67)84-56-87(79(64(84)12)47-59(5)6)86-55-83(63(11)78(86)46-58(3)4)90(66-31-23-18-24-32-66)70-38-42-74(50-70)93(13,14)73-41-37-69(49-73)89(82)65-29-21-17-22-30-65/h17-44,50,52,54,56-60H,45-49,51,53,55H2,1-16H3/b89-82+,90-70+,91-84+,92-72+. The Kier molecular flexibility index (Phi) is 17.7. The highest BCUT2D eigenvalue weighted by Gasteiger charge is 2.40. The summed E-state index contributed by atoms with van der Waals surface area (Å²) in [6.45, 7) is 39.0. The first kappa shape index (κ1) is 64.4. The van der Waals surface area contributed by atoms with Crippen LogP contribution in [-0.2, 0) is 0 Å². The number of benzene rings is 4. The van der Waals surface area contributed by atoms with Crippen LogP contribution in [0.25, 0.3) is 22.3 Å². The van der Waals surface area contributed by atoms with E-state index in [4.69, 9.17) is 0 Å². The lowest BCUT2D eigenvalue weighted by Gasteiger charge is -2.28. The van der Waals surface area contributed by atoms with Gasteiger partial charge in [-0.2, -0.15) is 0 Å². The normalized spacial score (nSPS) is 23.5. The van der Waals surface area contributed by atoms with Crippen molar-refractivity contribution in [3.05, 3.63) is 350 Å². The van der Waals surface area contributed by atoms with Crippen molar-refractivity contribution in [2.75, 3.05) is 0 Å². The summed E-state index contributed by atoms with van der Waals surface area (Å²) in [7, 11) is 0. The van der Waals surface area contributed by atoms with Gasteiger partial charge in [-0.15, -0.1) is 0 Å². The molecule has 9 aliphatic rings. The molecule has 0 heterocycles. The van der Waals surface area contributed by atoms with Crippen molar-refractivity contribution in [3.8, 4) is 0 Å². The number of fused-ring (bicyclic) bond motifs is 14. The van der Waals surface area contributed by atoms with Gasteiger partial charge in [-0.25, -0.2) is 0 Å². The molecule has 0 atom stereocenters. The summed E-state index contributed by atoms with van der Waals surface area (Å²) in [5.74, 6) is 1.96. The van der Waals surface area contributed by atoms with Gasteiger partial charge < -0.3 is 0 Å². The molecule has 0 saturated heterocycles. The summed E-state index contributed by atoms with van der Waals surface area (Å²) < 4.78 is 0. The molecule has 0 amide bonds. The van der Waals surface area contributed by atoms with Gasteiger partial charge in [0.1, 0.15) is 0 Å². The molecule has 0 heteroatoms. The Labute approximate surface area is 565 Å². The molecule has 0 fully saturated rings. The third-order valence-corrected chi connectivity index (χ3v) is 22.2. The summed E-state index contributed by atoms with van der Waals surface area (Å²) >= 11 is 0. The quantitative estimate of drug-likeness (QED) is 0.133. The Balaban J connectivity index is 1.03. The molecule has 0 spiro atoms. The predicted octanol–water partition coefficient (Wildman–Crippen LogP) is 26.1. The molecule has 0 N–H and O–H groups in total. The summed E-state index contributed by atoms with van der Waals surface area (Å²) in [4.78, 5) is 0. The number of hydrogen-bond donors (Lipinski definition) is 0. The van der Waals surface area contributed by atoms with Crippen LogP contribution in [0.2, 0.25) is 0 Å². The maximum absolute atomic E-state index is 2.66. The van der Waals surface area contributed by atoms with Crippen molar-refractivity contribution in [1.29, 1.82) is 0 Å².